The molecule has 10 aliphatic rings. The van der Waals surface area contributed by atoms with Crippen LogP contribution in [0.1, 0.15) is 78.6 Å². The Balaban J connectivity index is 0.000000409. The molecule has 6 aliphatic carbocycles. The van der Waals surface area contributed by atoms with E-state index >= 15 is 0 Å². The quantitative estimate of drug-likeness (QED) is 0.0388. The van der Waals surface area contributed by atoms with Gasteiger partial charge < -0.3 is 166 Å². The van der Waals surface area contributed by atoms with Crippen LogP contribution in [0.3, 0.4) is 0 Å². The third kappa shape index (κ3) is 33.1. The Morgan fingerprint density at radius 1 is 0.496 bits per heavy atom. The molecular formula is C60H115ClN10O45S5. The second kappa shape index (κ2) is 47.1. The van der Waals surface area contributed by atoms with Crippen LogP contribution in [0.4, 0.5) is 4.79 Å². The van der Waals surface area contributed by atoms with Gasteiger partial charge in [-0.1, -0.05) is 37.1 Å². The maximum atomic E-state index is 13.2. The fourth-order valence-corrected chi connectivity index (χ4v) is 16.3. The molecule has 4 aliphatic heterocycles. The zero-order chi connectivity index (χ0) is 93.3. The molecule has 55 nitrogen and oxygen atoms in total. The van der Waals surface area contributed by atoms with Gasteiger partial charge in [0.2, 0.25) is 5.60 Å². The number of esters is 1. The summed E-state index contributed by atoms with van der Waals surface area (Å²) in [5.41, 5.74) is 57.8. The Kier molecular flexibility index (Phi) is 43.4. The van der Waals surface area contributed by atoms with Crippen LogP contribution in [0.2, 0.25) is 0 Å². The van der Waals surface area contributed by atoms with E-state index in [1.807, 2.05) is 13.0 Å². The highest BCUT2D eigenvalue weighted by Crippen LogP contribution is 2.68. The predicted molar refractivity (Wildman–Crippen MR) is 403 cm³/mol. The summed E-state index contributed by atoms with van der Waals surface area (Å²) in [7, 11) is -23.3. The molecule has 712 valence electrons. The van der Waals surface area contributed by atoms with Crippen LogP contribution in [0.5, 0.6) is 0 Å². The average Bonchev–Trinajstić information content (AvgIpc) is 1.59. The van der Waals surface area contributed by atoms with Crippen molar-refractivity contribution in [3.63, 3.8) is 0 Å². The Bertz CT molecular complexity index is 3630. The van der Waals surface area contributed by atoms with Gasteiger partial charge in [-0.25, -0.2) is 9.59 Å². The van der Waals surface area contributed by atoms with Crippen molar-refractivity contribution in [2.45, 2.75) is 261 Å². The summed E-state index contributed by atoms with van der Waals surface area (Å²) in [5, 5.41) is 113. The molecule has 4 heterocycles. The lowest BCUT2D eigenvalue weighted by Gasteiger charge is -2.59. The van der Waals surface area contributed by atoms with Gasteiger partial charge in [0.1, 0.15) is 73.2 Å². The van der Waals surface area contributed by atoms with Gasteiger partial charge in [0.15, 0.2) is 37.0 Å². The van der Waals surface area contributed by atoms with Crippen molar-refractivity contribution in [1.29, 1.82) is 0 Å². The number of fused-ring (bicyclic) bond motifs is 5. The van der Waals surface area contributed by atoms with Gasteiger partial charge >= 0.3 is 64.1 Å². The minimum absolute atomic E-state index is 0.0161. The van der Waals surface area contributed by atoms with Crippen LogP contribution in [0, 0.1) is 28.6 Å². The molecule has 35 atom stereocenters. The molecule has 0 radical (unpaired) electrons. The number of alkyl halides is 1. The van der Waals surface area contributed by atoms with E-state index in [-0.39, 0.29) is 87.8 Å². The van der Waals surface area contributed by atoms with Crippen molar-refractivity contribution >= 4 is 81.5 Å². The highest BCUT2D eigenvalue weighted by atomic mass is 35.5. The summed E-state index contributed by atoms with van der Waals surface area (Å²) in [6.45, 7) is 4.78. The first-order valence-corrected chi connectivity index (χ1v) is 43.9. The predicted octanol–water partition coefficient (Wildman–Crippen LogP) is -11.9. The molecule has 0 unspecified atom stereocenters. The molecule has 121 heavy (non-hydrogen) atoms. The Morgan fingerprint density at radius 2 is 0.843 bits per heavy atom. The van der Waals surface area contributed by atoms with Crippen LogP contribution >= 0.6 is 11.6 Å². The Labute approximate surface area is 698 Å². The van der Waals surface area contributed by atoms with Crippen molar-refractivity contribution in [3.8, 4) is 0 Å². The summed E-state index contributed by atoms with van der Waals surface area (Å²) >= 11 is 5.70. The smallest absolute Gasteiger partial charge is 0.446 e. The number of aliphatic hydroxyl groups is 11. The molecule has 0 spiro atoms. The van der Waals surface area contributed by atoms with Crippen molar-refractivity contribution in [1.82, 2.24) is 0 Å². The van der Waals surface area contributed by atoms with Gasteiger partial charge in [0, 0.05) is 54.0 Å². The number of hydrogen-bond donors (Lipinski definition) is 31. The summed E-state index contributed by atoms with van der Waals surface area (Å²) in [6.07, 6.45) is -15.2. The lowest BCUT2D eigenvalue weighted by molar-refractivity contribution is -0.314. The molecule has 61 heteroatoms. The van der Waals surface area contributed by atoms with Crippen LogP contribution in [0.25, 0.3) is 0 Å². The molecule has 0 aromatic rings. The fourth-order valence-electron chi connectivity index (χ4n) is 16.2. The first-order valence-electron chi connectivity index (χ1n) is 36.4. The van der Waals surface area contributed by atoms with E-state index in [0.717, 1.165) is 18.4 Å². The topological polar surface area (TPSA) is 1010 Å². The Hall–Kier alpha value is -3.63. The molecular weight excluding hydrogens is 1780 g/mol. The summed E-state index contributed by atoms with van der Waals surface area (Å²) in [4.78, 5) is 37.5. The van der Waals surface area contributed by atoms with E-state index in [0.29, 0.717) is 6.42 Å². The Morgan fingerprint density at radius 3 is 1.17 bits per heavy atom. The van der Waals surface area contributed by atoms with Gasteiger partial charge in [0.25, 0.3) is 0 Å². The number of aliphatic hydroxyl groups excluding tert-OH is 11. The standard InChI is InChI=1S/C24H31ClO7.2C18H37N5O9.5H2O4S/c1-4-30-21(29)32-24(20(28)31-13-25)10-8-17-16-6-5-14-11-15(26)7-9-22(14,2)19(16)18(27)12-23(17,24)3;2*19-3-9-8(25)2-7(22)17(29-9)31-15-5(20)1-6(21)16(14(15)28)32-18-13(27)11(23)12(26)10(4-24)30-18;5*1-5(2,3)4/h7,9,11,16-19,27H,4-6,8,10,12-13H2,1-3H3;2*5-18,24-28H,1-4,19-23H2;5*(H2,1,2,3,4)/t16-,17-,18-,19+,22-,23-,24-;2*5-,6+,7+,8-,9+,10+,11-,12+,13+,14-,15+,16-,17+,18+;;;;;/m000...../s1. The van der Waals surface area contributed by atoms with E-state index in [4.69, 9.17) is 209 Å². The fraction of sp³-hybridized carbons (Fsp3) is 0.883. The van der Waals surface area contributed by atoms with Crippen LogP contribution in [0.15, 0.2) is 23.8 Å². The third-order valence-electron chi connectivity index (χ3n) is 21.5. The zero-order valence-corrected chi connectivity index (χ0v) is 69.5. The van der Waals surface area contributed by atoms with Crippen molar-refractivity contribution in [2.75, 3.05) is 39.0 Å². The van der Waals surface area contributed by atoms with Crippen LogP contribution < -0.4 is 57.3 Å². The average molecular weight is 1890 g/mol. The zero-order valence-electron chi connectivity index (χ0n) is 64.7. The lowest BCUT2D eigenvalue weighted by Crippen LogP contribution is -2.68. The van der Waals surface area contributed by atoms with E-state index in [9.17, 15) is 70.6 Å². The number of rotatable bonds is 16. The second-order valence-electron chi connectivity index (χ2n) is 29.7. The van der Waals surface area contributed by atoms with Gasteiger partial charge in [0.05, 0.1) is 74.5 Å². The maximum Gasteiger partial charge on any atom is 0.509 e. The normalized spacial score (nSPS) is 41.4. The van der Waals surface area contributed by atoms with E-state index in [1.54, 1.807) is 19.1 Å². The molecule has 5 saturated carbocycles. The highest BCUT2D eigenvalue weighted by Gasteiger charge is 2.72. The molecule has 0 aromatic heterocycles. The first kappa shape index (κ1) is 112. The monoisotopic (exact) mass is 1890 g/mol. The second-order valence-corrected chi connectivity index (χ2v) is 34.4. The molecule has 10 rings (SSSR count). The van der Waals surface area contributed by atoms with Crippen LogP contribution in [-0.4, -0.2) is 384 Å². The van der Waals surface area contributed by atoms with E-state index in [2.05, 4.69) is 6.92 Å². The van der Waals surface area contributed by atoms with Crippen molar-refractivity contribution < 1.29 is 210 Å². The first-order chi connectivity index (χ1) is 55.3. The van der Waals surface area contributed by atoms with E-state index < -0.39 is 271 Å². The number of allylic oxidation sites excluding steroid dienone is 4. The summed E-state index contributed by atoms with van der Waals surface area (Å²) in [5.74, 6) is -0.676. The van der Waals surface area contributed by atoms with Crippen molar-refractivity contribution in [3.05, 3.63) is 23.8 Å². The van der Waals surface area contributed by atoms with Crippen molar-refractivity contribution in [2.24, 2.45) is 85.9 Å². The summed E-state index contributed by atoms with van der Waals surface area (Å²) < 4.78 is 219. The number of ketones is 1. The van der Waals surface area contributed by atoms with Gasteiger partial charge in [-0.15, -0.1) is 0 Å². The SMILES string of the molecule is CCOC(=O)O[C@]1(C(=O)OCCl)CC[C@H]2[C@@H]3CCC4=CC(=O)C=C[C@]4(C)[C@H]3[C@@H](O)C[C@@]21C.NC[C@H]1O[C@H](O[C@H]2[C@H](O)[C@@H](O[C@H]3O[C@H](CO)[C@@H](O)[C@H](N)[C@H]3O)[C@H](N)C[C@@H]2N)[C@H](N)C[C@@H]1O.NC[C@H]1O[C@H](O[C@H]2[C@H](O)[C@@H](O[C@H]3O[C@H](CO)[C@@H](O)[C@H](N)[C@H]3O)[C@H](N)C[C@@H]2N)[C@H](N)C[C@@H]1O.O=S(=O)(O)O.O=S(=O)(O)O.O=S(=O)(O)O.O=S(=O)(O)O.O=S(=O)(O)O. The lowest BCUT2D eigenvalue weighted by atomic mass is 9.46. The molecule has 9 fully saturated rings. The molecule has 0 bridgehead atoms. The van der Waals surface area contributed by atoms with Gasteiger partial charge in [-0.05, 0) is 88.7 Å². The number of hydrogen-bond acceptors (Lipinski definition) is 45. The van der Waals surface area contributed by atoms with Gasteiger partial charge in [-0.2, -0.15) is 42.1 Å². The van der Waals surface area contributed by atoms with Gasteiger partial charge in [-0.3, -0.25) is 50.3 Å². The number of ether oxygens (including phenoxy) is 11. The maximum absolute atomic E-state index is 13.2. The summed E-state index contributed by atoms with van der Waals surface area (Å²) in [6, 6.07) is -6.89. The number of halogens is 1. The number of nitrogens with two attached hydrogens (primary N) is 10. The molecule has 0 aromatic carbocycles. The third-order valence-corrected chi connectivity index (χ3v) is 21.6. The molecule has 41 N–H and O–H groups in total. The largest absolute Gasteiger partial charge is 0.509 e. The minimum atomic E-state index is -4.67. The number of carbonyl (C=O) groups is 3. The molecule has 0 amide bonds. The molecule has 4 saturated heterocycles. The minimum Gasteiger partial charge on any atom is -0.446 e. The highest BCUT2D eigenvalue weighted by molar-refractivity contribution is 7.80. The number of carbonyl (C=O) groups excluding carboxylic acids is 3. The van der Waals surface area contributed by atoms with E-state index in [1.165, 1.54) is 0 Å². The van der Waals surface area contributed by atoms with Crippen LogP contribution in [-0.2, 0) is 114 Å².